The first kappa shape index (κ1) is 24.5. The van der Waals surface area contributed by atoms with Crippen LogP contribution in [0.4, 0.5) is 0 Å². The molecule has 32 heavy (non-hydrogen) atoms. The fourth-order valence-electron chi connectivity index (χ4n) is 3.61. The van der Waals surface area contributed by atoms with Crippen molar-refractivity contribution in [2.24, 2.45) is 0 Å². The first-order chi connectivity index (χ1) is 15.6. The van der Waals surface area contributed by atoms with E-state index in [1.807, 2.05) is 36.4 Å². The van der Waals surface area contributed by atoms with Crippen molar-refractivity contribution >= 4 is 23.2 Å². The number of benzene rings is 2. The molecule has 0 aliphatic heterocycles. The van der Waals surface area contributed by atoms with Gasteiger partial charge in [-0.3, -0.25) is 0 Å². The number of aryl methyl sites for hydroxylation is 1. The first-order valence-corrected chi connectivity index (χ1v) is 12.4. The number of unbranched alkanes of at least 4 members (excludes halogenated alkanes) is 5. The van der Waals surface area contributed by atoms with E-state index >= 15 is 0 Å². The molecule has 0 aliphatic carbocycles. The van der Waals surface area contributed by atoms with E-state index in [2.05, 4.69) is 35.9 Å². The van der Waals surface area contributed by atoms with E-state index in [9.17, 15) is 0 Å². The molecule has 0 saturated heterocycles. The molecular formula is C27H32Cl2N2O. The van der Waals surface area contributed by atoms with Crippen LogP contribution in [0.3, 0.4) is 0 Å². The molecule has 170 valence electrons. The summed E-state index contributed by atoms with van der Waals surface area (Å²) in [7, 11) is 0. The van der Waals surface area contributed by atoms with Gasteiger partial charge < -0.3 is 4.74 Å². The number of halogens is 2. The summed E-state index contributed by atoms with van der Waals surface area (Å²) >= 11 is 13.1. The minimum atomic E-state index is 0.347. The first-order valence-electron chi connectivity index (χ1n) is 11.7. The zero-order valence-corrected chi connectivity index (χ0v) is 20.6. The van der Waals surface area contributed by atoms with Gasteiger partial charge >= 0.3 is 0 Å². The van der Waals surface area contributed by atoms with Gasteiger partial charge in [-0.25, -0.2) is 9.97 Å². The molecule has 5 heteroatoms. The normalized spacial score (nSPS) is 11.0. The molecule has 0 unspecified atom stereocenters. The molecule has 3 nitrogen and oxygen atoms in total. The molecule has 0 N–H and O–H groups in total. The average molecular weight is 471 g/mol. The summed E-state index contributed by atoms with van der Waals surface area (Å²) in [5, 5.41) is 0.695. The highest BCUT2D eigenvalue weighted by atomic mass is 35.5. The Kier molecular flexibility index (Phi) is 9.83. The molecule has 1 heterocycles. The van der Waals surface area contributed by atoms with Crippen LogP contribution in [0.1, 0.15) is 64.4 Å². The maximum atomic E-state index is 6.54. The lowest BCUT2D eigenvalue weighted by Gasteiger charge is -2.11. The molecule has 0 saturated carbocycles. The summed E-state index contributed by atoms with van der Waals surface area (Å²) in [5.41, 5.74) is 3.74. The third-order valence-electron chi connectivity index (χ3n) is 5.51. The summed E-state index contributed by atoms with van der Waals surface area (Å²) in [4.78, 5) is 9.05. The van der Waals surface area contributed by atoms with Gasteiger partial charge in [-0.05, 0) is 42.5 Å². The Hall–Kier alpha value is -2.10. The monoisotopic (exact) mass is 470 g/mol. The lowest BCUT2D eigenvalue weighted by atomic mass is 10.0. The Labute approximate surface area is 202 Å². The highest BCUT2D eigenvalue weighted by Crippen LogP contribution is 2.35. The average Bonchev–Trinajstić information content (AvgIpc) is 2.80. The van der Waals surface area contributed by atoms with E-state index in [0.717, 1.165) is 36.3 Å². The van der Waals surface area contributed by atoms with E-state index in [4.69, 9.17) is 27.9 Å². The third-order valence-corrected chi connectivity index (χ3v) is 6.06. The maximum absolute atomic E-state index is 6.54. The standard InChI is InChI=1S/C27H32Cl2N2O/c1-3-5-7-9-19-32-23-17-15-21(16-18-23)24-25(28)30-27(31-26(24)29)22-13-11-20(12-14-22)10-8-6-4-2/h11-18H,3-10,19H2,1-2H3. The number of ether oxygens (including phenoxy) is 1. The number of aromatic nitrogens is 2. The zero-order valence-electron chi connectivity index (χ0n) is 19.0. The van der Waals surface area contributed by atoms with Gasteiger partial charge in [0.25, 0.3) is 0 Å². The van der Waals surface area contributed by atoms with E-state index in [0.29, 0.717) is 21.7 Å². The van der Waals surface area contributed by atoms with Gasteiger partial charge in [-0.2, -0.15) is 0 Å². The van der Waals surface area contributed by atoms with Crippen LogP contribution in [0, 0.1) is 0 Å². The Morgan fingerprint density at radius 3 is 1.91 bits per heavy atom. The van der Waals surface area contributed by atoms with Gasteiger partial charge in [-0.15, -0.1) is 0 Å². The Morgan fingerprint density at radius 2 is 1.28 bits per heavy atom. The van der Waals surface area contributed by atoms with Crippen LogP contribution in [0.5, 0.6) is 5.75 Å². The minimum Gasteiger partial charge on any atom is -0.494 e. The Bertz CT molecular complexity index is 949. The highest BCUT2D eigenvalue weighted by molar-refractivity contribution is 6.37. The number of hydrogen-bond acceptors (Lipinski definition) is 3. The summed E-state index contributed by atoms with van der Waals surface area (Å²) in [6.07, 6.45) is 9.52. The second-order valence-corrected chi connectivity index (χ2v) is 8.81. The molecule has 0 aliphatic rings. The van der Waals surface area contributed by atoms with Crippen molar-refractivity contribution in [3.8, 4) is 28.3 Å². The molecule has 0 fully saturated rings. The molecule has 0 atom stereocenters. The second-order valence-electron chi connectivity index (χ2n) is 8.09. The smallest absolute Gasteiger partial charge is 0.162 e. The molecule has 3 rings (SSSR count). The summed E-state index contributed by atoms with van der Waals surface area (Å²) in [6.45, 7) is 5.16. The van der Waals surface area contributed by atoms with E-state index in [1.165, 1.54) is 44.1 Å². The highest BCUT2D eigenvalue weighted by Gasteiger charge is 2.15. The van der Waals surface area contributed by atoms with Crippen molar-refractivity contribution < 1.29 is 4.74 Å². The lowest BCUT2D eigenvalue weighted by molar-refractivity contribution is 0.305. The number of nitrogens with zero attached hydrogens (tertiary/aromatic N) is 2. The van der Waals surface area contributed by atoms with Crippen molar-refractivity contribution in [3.05, 3.63) is 64.4 Å². The lowest BCUT2D eigenvalue weighted by Crippen LogP contribution is -1.98. The zero-order chi connectivity index (χ0) is 22.8. The van der Waals surface area contributed by atoms with Crippen LogP contribution in [-0.4, -0.2) is 16.6 Å². The van der Waals surface area contributed by atoms with Crippen LogP contribution in [0.2, 0.25) is 10.3 Å². The Balaban J connectivity index is 1.69. The van der Waals surface area contributed by atoms with Crippen LogP contribution in [-0.2, 0) is 6.42 Å². The van der Waals surface area contributed by atoms with E-state index in [-0.39, 0.29) is 0 Å². The summed E-state index contributed by atoms with van der Waals surface area (Å²) in [6, 6.07) is 16.1. The summed E-state index contributed by atoms with van der Waals surface area (Å²) in [5.74, 6) is 1.38. The van der Waals surface area contributed by atoms with Crippen LogP contribution in [0.25, 0.3) is 22.5 Å². The largest absolute Gasteiger partial charge is 0.494 e. The second kappa shape index (κ2) is 12.8. The molecular weight excluding hydrogens is 439 g/mol. The minimum absolute atomic E-state index is 0.347. The van der Waals surface area contributed by atoms with Crippen molar-refractivity contribution in [1.82, 2.24) is 9.97 Å². The molecule has 0 amide bonds. The quantitative estimate of drug-likeness (QED) is 0.196. The van der Waals surface area contributed by atoms with Crippen LogP contribution in [0.15, 0.2) is 48.5 Å². The molecule has 1 aromatic heterocycles. The van der Waals surface area contributed by atoms with Gasteiger partial charge in [0.2, 0.25) is 0 Å². The number of hydrogen-bond donors (Lipinski definition) is 0. The van der Waals surface area contributed by atoms with Gasteiger partial charge in [-0.1, -0.05) is 106 Å². The van der Waals surface area contributed by atoms with Gasteiger partial charge in [0.15, 0.2) is 5.82 Å². The van der Waals surface area contributed by atoms with E-state index in [1.54, 1.807) is 0 Å². The van der Waals surface area contributed by atoms with Crippen LogP contribution < -0.4 is 4.74 Å². The van der Waals surface area contributed by atoms with Crippen molar-refractivity contribution in [2.45, 2.75) is 65.2 Å². The van der Waals surface area contributed by atoms with Crippen molar-refractivity contribution in [1.29, 1.82) is 0 Å². The van der Waals surface area contributed by atoms with Gasteiger partial charge in [0.1, 0.15) is 16.1 Å². The fraction of sp³-hybridized carbons (Fsp3) is 0.407. The molecule has 2 aromatic carbocycles. The van der Waals surface area contributed by atoms with Crippen LogP contribution >= 0.6 is 23.2 Å². The van der Waals surface area contributed by atoms with Gasteiger partial charge in [0, 0.05) is 5.56 Å². The molecule has 0 bridgehead atoms. The molecule has 0 radical (unpaired) electrons. The SMILES string of the molecule is CCCCCCOc1ccc(-c2c(Cl)nc(-c3ccc(CCCCC)cc3)nc2Cl)cc1. The maximum Gasteiger partial charge on any atom is 0.162 e. The predicted octanol–water partition coefficient (Wildman–Crippen LogP) is 8.81. The summed E-state index contributed by atoms with van der Waals surface area (Å²) < 4.78 is 5.82. The predicted molar refractivity (Wildman–Crippen MR) is 136 cm³/mol. The third kappa shape index (κ3) is 6.95. The number of rotatable bonds is 12. The van der Waals surface area contributed by atoms with Crippen molar-refractivity contribution in [2.75, 3.05) is 6.61 Å². The van der Waals surface area contributed by atoms with E-state index < -0.39 is 0 Å². The van der Waals surface area contributed by atoms with Gasteiger partial charge in [0.05, 0.1) is 12.2 Å². The topological polar surface area (TPSA) is 35.0 Å². The Morgan fingerprint density at radius 1 is 0.688 bits per heavy atom. The molecule has 3 aromatic rings. The molecule has 0 spiro atoms. The van der Waals surface area contributed by atoms with Crippen molar-refractivity contribution in [3.63, 3.8) is 0 Å². The fourth-order valence-corrected chi connectivity index (χ4v) is 4.22.